The number of hydrogen-bond acceptors (Lipinski definition) is 6. The van der Waals surface area contributed by atoms with Crippen molar-refractivity contribution < 1.29 is 14.6 Å². The number of nitrogens with two attached hydrogens (primary N) is 1. The molecule has 5 rings (SSSR count). The fraction of sp³-hybridized carbons (Fsp3) is 0.391. The molecule has 1 aliphatic rings. The third kappa shape index (κ3) is 3.43. The van der Waals surface area contributed by atoms with Gasteiger partial charge in [0.25, 0.3) is 0 Å². The fourth-order valence-corrected chi connectivity index (χ4v) is 4.64. The third-order valence-corrected chi connectivity index (χ3v) is 6.16. The van der Waals surface area contributed by atoms with Gasteiger partial charge in [0.15, 0.2) is 5.82 Å². The number of carboxylic acids is 1. The van der Waals surface area contributed by atoms with Gasteiger partial charge in [0, 0.05) is 11.3 Å². The van der Waals surface area contributed by atoms with E-state index in [-0.39, 0.29) is 17.9 Å². The first-order chi connectivity index (χ1) is 15.4. The Hall–Kier alpha value is -3.62. The molecule has 3 aromatic heterocycles. The zero-order valence-corrected chi connectivity index (χ0v) is 18.1. The van der Waals surface area contributed by atoms with E-state index < -0.39 is 5.97 Å². The number of nitrogens with zero attached hydrogens (tertiary/aromatic N) is 4. The minimum absolute atomic E-state index is 0.0531. The van der Waals surface area contributed by atoms with Crippen LogP contribution in [0, 0.1) is 5.92 Å². The van der Waals surface area contributed by atoms with Gasteiger partial charge in [-0.15, -0.1) is 0 Å². The second kappa shape index (κ2) is 7.81. The smallest absolute Gasteiger partial charge is 0.306 e. The quantitative estimate of drug-likeness (QED) is 0.432. The number of rotatable bonds is 5. The van der Waals surface area contributed by atoms with Crippen LogP contribution in [0.1, 0.15) is 51.3 Å². The van der Waals surface area contributed by atoms with Crippen molar-refractivity contribution in [2.75, 3.05) is 5.73 Å². The number of benzene rings is 1. The Kier molecular flexibility index (Phi) is 4.96. The zero-order chi connectivity index (χ0) is 22.4. The van der Waals surface area contributed by atoms with Crippen LogP contribution in [0.3, 0.4) is 0 Å². The molecule has 166 valence electrons. The molecule has 0 amide bonds. The highest BCUT2D eigenvalue weighted by molar-refractivity contribution is 5.93. The molecule has 9 nitrogen and oxygen atoms in total. The molecule has 0 unspecified atom stereocenters. The first kappa shape index (κ1) is 20.3. The standard InChI is InChI=1S/C23H26N6O3/c1-12(2)32-17-5-3-4-15-10-16(27-18(15)17)19-20-21(24)25-11-26-29(20)22(28-19)13-6-8-14(9-7-13)23(30)31/h3-5,10-14,27H,6-9H2,1-2H3,(H,30,31)(H2,24,25,26). The number of nitrogen functional groups attached to an aromatic ring is 1. The summed E-state index contributed by atoms with van der Waals surface area (Å²) in [4.78, 5) is 24.0. The van der Waals surface area contributed by atoms with Gasteiger partial charge in [-0.25, -0.2) is 14.5 Å². The Bertz CT molecular complexity index is 1300. The summed E-state index contributed by atoms with van der Waals surface area (Å²) >= 11 is 0. The predicted octanol–water partition coefficient (Wildman–Crippen LogP) is 4.00. The lowest BCUT2D eigenvalue weighted by Crippen LogP contribution is -2.21. The number of ether oxygens (including phenoxy) is 1. The molecular formula is C23H26N6O3. The molecule has 3 heterocycles. The number of nitrogens with one attached hydrogen (secondary N) is 1. The molecule has 0 radical (unpaired) electrons. The molecule has 0 aliphatic heterocycles. The van der Waals surface area contributed by atoms with Gasteiger partial charge in [0.05, 0.1) is 23.2 Å². The van der Waals surface area contributed by atoms with Gasteiger partial charge < -0.3 is 20.6 Å². The first-order valence-corrected chi connectivity index (χ1v) is 10.9. The number of aliphatic carboxylic acids is 1. The van der Waals surface area contributed by atoms with Crippen LogP contribution in [0.5, 0.6) is 5.75 Å². The highest BCUT2D eigenvalue weighted by atomic mass is 16.5. The molecule has 4 aromatic rings. The molecule has 0 spiro atoms. The summed E-state index contributed by atoms with van der Waals surface area (Å²) in [5.74, 6) is 1.04. The van der Waals surface area contributed by atoms with E-state index in [0.29, 0.717) is 29.9 Å². The second-order valence-electron chi connectivity index (χ2n) is 8.68. The van der Waals surface area contributed by atoms with Crippen LogP contribution in [0.15, 0.2) is 30.6 Å². The molecule has 4 N–H and O–H groups in total. The predicted molar refractivity (Wildman–Crippen MR) is 121 cm³/mol. The van der Waals surface area contributed by atoms with E-state index in [0.717, 1.165) is 41.0 Å². The van der Waals surface area contributed by atoms with Crippen molar-refractivity contribution in [3.05, 3.63) is 36.4 Å². The van der Waals surface area contributed by atoms with Crippen molar-refractivity contribution >= 4 is 28.2 Å². The molecule has 1 fully saturated rings. The third-order valence-electron chi connectivity index (χ3n) is 6.16. The molecule has 9 heteroatoms. The highest BCUT2D eigenvalue weighted by Crippen LogP contribution is 2.39. The molecule has 1 aromatic carbocycles. The molecule has 1 saturated carbocycles. The number of aromatic amines is 1. The van der Waals surface area contributed by atoms with Crippen molar-refractivity contribution in [3.8, 4) is 17.1 Å². The summed E-state index contributed by atoms with van der Waals surface area (Å²) in [7, 11) is 0. The lowest BCUT2D eigenvalue weighted by Gasteiger charge is -2.24. The fourth-order valence-electron chi connectivity index (χ4n) is 4.64. The first-order valence-electron chi connectivity index (χ1n) is 10.9. The van der Waals surface area contributed by atoms with Gasteiger partial charge in [-0.05, 0) is 51.7 Å². The summed E-state index contributed by atoms with van der Waals surface area (Å²) in [6.07, 6.45) is 4.24. The summed E-state index contributed by atoms with van der Waals surface area (Å²) in [5, 5.41) is 14.8. The maximum absolute atomic E-state index is 11.4. The van der Waals surface area contributed by atoms with E-state index in [1.807, 2.05) is 38.1 Å². The number of H-pyrrole nitrogens is 1. The molecule has 1 aliphatic carbocycles. The normalized spacial score (nSPS) is 19.1. The lowest BCUT2D eigenvalue weighted by atomic mass is 9.82. The molecule has 0 atom stereocenters. The van der Waals surface area contributed by atoms with Crippen molar-refractivity contribution in [2.45, 2.75) is 51.6 Å². The Balaban J connectivity index is 1.60. The van der Waals surface area contributed by atoms with E-state index in [4.69, 9.17) is 15.5 Å². The topological polar surface area (TPSA) is 131 Å². The number of para-hydroxylation sites is 1. The number of carboxylic acid groups (broad SMARTS) is 1. The van der Waals surface area contributed by atoms with Crippen LogP contribution in [0.25, 0.3) is 27.8 Å². The average Bonchev–Trinajstić information content (AvgIpc) is 3.36. The van der Waals surface area contributed by atoms with Gasteiger partial charge >= 0.3 is 5.97 Å². The van der Waals surface area contributed by atoms with Crippen molar-refractivity contribution in [3.63, 3.8) is 0 Å². The van der Waals surface area contributed by atoms with Crippen LogP contribution < -0.4 is 10.5 Å². The lowest BCUT2D eigenvalue weighted by molar-refractivity contribution is -0.142. The van der Waals surface area contributed by atoms with E-state index in [1.165, 1.54) is 6.33 Å². The summed E-state index contributed by atoms with van der Waals surface area (Å²) < 4.78 is 7.73. The largest absolute Gasteiger partial charge is 0.489 e. The van der Waals surface area contributed by atoms with Crippen LogP contribution in [0.4, 0.5) is 5.82 Å². The van der Waals surface area contributed by atoms with E-state index >= 15 is 0 Å². The SMILES string of the molecule is CC(C)Oc1cccc2cc(-c3nc(C4CCC(C(=O)O)CC4)n4ncnc(N)c34)[nH]c12. The number of hydrogen-bond donors (Lipinski definition) is 3. The molecule has 0 saturated heterocycles. The maximum Gasteiger partial charge on any atom is 0.306 e. The van der Waals surface area contributed by atoms with Crippen molar-refractivity contribution in [1.29, 1.82) is 0 Å². The number of aromatic nitrogens is 5. The number of anilines is 1. The molecule has 32 heavy (non-hydrogen) atoms. The van der Waals surface area contributed by atoms with E-state index in [9.17, 15) is 9.90 Å². The Morgan fingerprint density at radius 2 is 2.06 bits per heavy atom. The van der Waals surface area contributed by atoms with Gasteiger partial charge in [-0.2, -0.15) is 5.10 Å². The van der Waals surface area contributed by atoms with Gasteiger partial charge in [0.1, 0.15) is 29.1 Å². The number of imidazole rings is 1. The highest BCUT2D eigenvalue weighted by Gasteiger charge is 2.31. The second-order valence-corrected chi connectivity index (χ2v) is 8.68. The van der Waals surface area contributed by atoms with Crippen LogP contribution in [-0.2, 0) is 4.79 Å². The van der Waals surface area contributed by atoms with E-state index in [2.05, 4.69) is 15.1 Å². The maximum atomic E-state index is 11.4. The van der Waals surface area contributed by atoms with Gasteiger partial charge in [-0.1, -0.05) is 12.1 Å². The Morgan fingerprint density at radius 3 is 2.78 bits per heavy atom. The molecule has 0 bridgehead atoms. The van der Waals surface area contributed by atoms with Crippen LogP contribution >= 0.6 is 0 Å². The minimum Gasteiger partial charge on any atom is -0.489 e. The zero-order valence-electron chi connectivity index (χ0n) is 18.1. The average molecular weight is 435 g/mol. The minimum atomic E-state index is -0.721. The van der Waals surface area contributed by atoms with Crippen LogP contribution in [-0.4, -0.2) is 41.7 Å². The number of carbonyl (C=O) groups is 1. The summed E-state index contributed by atoms with van der Waals surface area (Å²) in [5.41, 5.74) is 9.31. The monoisotopic (exact) mass is 434 g/mol. The van der Waals surface area contributed by atoms with Crippen molar-refractivity contribution in [1.82, 2.24) is 24.6 Å². The Labute approximate surface area is 184 Å². The Morgan fingerprint density at radius 1 is 1.28 bits per heavy atom. The van der Waals surface area contributed by atoms with E-state index in [1.54, 1.807) is 4.52 Å². The van der Waals surface area contributed by atoms with Gasteiger partial charge in [-0.3, -0.25) is 4.79 Å². The van der Waals surface area contributed by atoms with Crippen molar-refractivity contribution in [2.24, 2.45) is 5.92 Å². The van der Waals surface area contributed by atoms with Gasteiger partial charge in [0.2, 0.25) is 0 Å². The summed E-state index contributed by atoms with van der Waals surface area (Å²) in [6, 6.07) is 7.96. The van der Waals surface area contributed by atoms with Crippen LogP contribution in [0.2, 0.25) is 0 Å². The molecular weight excluding hydrogens is 408 g/mol. The summed E-state index contributed by atoms with van der Waals surface area (Å²) in [6.45, 7) is 3.99. The number of fused-ring (bicyclic) bond motifs is 2.